The number of hydrogen-bond acceptors (Lipinski definition) is 6. The zero-order valence-corrected chi connectivity index (χ0v) is 26.2. The zero-order chi connectivity index (χ0) is 31.4. The van der Waals surface area contributed by atoms with Crippen molar-refractivity contribution in [1.82, 2.24) is 0 Å². The summed E-state index contributed by atoms with van der Waals surface area (Å²) in [6.07, 6.45) is -1.25. The van der Waals surface area contributed by atoms with Crippen molar-refractivity contribution in [2.45, 2.75) is 69.6 Å². The van der Waals surface area contributed by atoms with Gasteiger partial charge in [-0.2, -0.15) is 0 Å². The Morgan fingerprint density at radius 2 is 1.60 bits per heavy atom. The number of rotatable bonds is 12. The SMILES string of the molecule is CCOc1ccc(Cc2cc([C@@]34OC[C@@](C(C)O)(C[C@H](OCc5ccccc5)[C@H]3OCc3ccccc3)O4)ccc2Cl)cc1F. The Morgan fingerprint density at radius 3 is 2.24 bits per heavy atom. The lowest BCUT2D eigenvalue weighted by Gasteiger charge is -2.48. The first kappa shape index (κ1) is 31.7. The first-order chi connectivity index (χ1) is 21.8. The molecule has 2 fully saturated rings. The topological polar surface area (TPSA) is 66.4 Å². The lowest BCUT2D eigenvalue weighted by molar-refractivity contribution is -0.327. The van der Waals surface area contributed by atoms with Crippen molar-refractivity contribution in [3.8, 4) is 5.75 Å². The second kappa shape index (κ2) is 13.6. The van der Waals surface area contributed by atoms with Gasteiger partial charge in [0.05, 0.1) is 38.6 Å². The number of ether oxygens (including phenoxy) is 5. The first-order valence-electron chi connectivity index (χ1n) is 15.4. The van der Waals surface area contributed by atoms with Crippen LogP contribution in [-0.4, -0.2) is 42.2 Å². The van der Waals surface area contributed by atoms with E-state index in [2.05, 4.69) is 0 Å². The molecule has 0 spiro atoms. The summed E-state index contributed by atoms with van der Waals surface area (Å²) in [4.78, 5) is 0. The molecule has 2 saturated heterocycles. The Balaban J connectivity index is 1.37. The maximum Gasteiger partial charge on any atom is 0.225 e. The lowest BCUT2D eigenvalue weighted by Crippen LogP contribution is -2.60. The van der Waals surface area contributed by atoms with Crippen molar-refractivity contribution >= 4 is 11.6 Å². The van der Waals surface area contributed by atoms with Gasteiger partial charge in [-0.25, -0.2) is 4.39 Å². The van der Waals surface area contributed by atoms with Crippen LogP contribution < -0.4 is 4.74 Å². The maximum absolute atomic E-state index is 14.7. The Kier molecular flexibility index (Phi) is 9.57. The minimum atomic E-state index is -1.39. The van der Waals surface area contributed by atoms with Crippen LogP contribution in [0.2, 0.25) is 5.02 Å². The average molecular weight is 633 g/mol. The summed E-state index contributed by atoms with van der Waals surface area (Å²) in [5.41, 5.74) is 3.20. The lowest BCUT2D eigenvalue weighted by atomic mass is 9.83. The summed E-state index contributed by atoms with van der Waals surface area (Å²) in [7, 11) is 0. The van der Waals surface area contributed by atoms with Crippen LogP contribution in [0.3, 0.4) is 0 Å². The van der Waals surface area contributed by atoms with Crippen LogP contribution in [0, 0.1) is 5.82 Å². The van der Waals surface area contributed by atoms with Crippen molar-refractivity contribution in [1.29, 1.82) is 0 Å². The molecule has 6 rings (SSSR count). The van der Waals surface area contributed by atoms with E-state index in [1.165, 1.54) is 6.07 Å². The fourth-order valence-corrected chi connectivity index (χ4v) is 6.37. The summed E-state index contributed by atoms with van der Waals surface area (Å²) in [5.74, 6) is -1.61. The van der Waals surface area contributed by atoms with Crippen LogP contribution in [-0.2, 0) is 44.4 Å². The molecule has 0 saturated carbocycles. The van der Waals surface area contributed by atoms with Gasteiger partial charge in [0.2, 0.25) is 5.79 Å². The summed E-state index contributed by atoms with van der Waals surface area (Å²) in [6.45, 7) is 4.73. The quantitative estimate of drug-likeness (QED) is 0.176. The van der Waals surface area contributed by atoms with Crippen LogP contribution >= 0.6 is 11.6 Å². The molecule has 4 aromatic rings. The van der Waals surface area contributed by atoms with Gasteiger partial charge in [-0.15, -0.1) is 0 Å². The van der Waals surface area contributed by atoms with E-state index >= 15 is 0 Å². The summed E-state index contributed by atoms with van der Waals surface area (Å²) < 4.78 is 46.8. The van der Waals surface area contributed by atoms with E-state index in [0.717, 1.165) is 22.3 Å². The number of halogens is 2. The van der Waals surface area contributed by atoms with Crippen LogP contribution in [0.25, 0.3) is 0 Å². The molecule has 6 nitrogen and oxygen atoms in total. The molecule has 0 aromatic heterocycles. The molecule has 2 aliphatic rings. The highest BCUT2D eigenvalue weighted by atomic mass is 35.5. The maximum atomic E-state index is 14.7. The highest BCUT2D eigenvalue weighted by molar-refractivity contribution is 6.31. The largest absolute Gasteiger partial charge is 0.491 e. The van der Waals surface area contributed by atoms with Gasteiger partial charge in [0.25, 0.3) is 0 Å². The van der Waals surface area contributed by atoms with E-state index in [1.54, 1.807) is 19.1 Å². The Bertz CT molecular complexity index is 1580. The van der Waals surface area contributed by atoms with E-state index in [4.69, 9.17) is 35.3 Å². The monoisotopic (exact) mass is 632 g/mol. The molecule has 1 N–H and O–H groups in total. The van der Waals surface area contributed by atoms with Gasteiger partial charge in [0.1, 0.15) is 11.7 Å². The van der Waals surface area contributed by atoms with E-state index in [1.807, 2.05) is 85.8 Å². The standard InChI is InChI=1S/C37H38ClFO6/c1-3-41-33-17-14-28(19-32(33)39)18-29-20-30(15-16-31(29)38)37-35(43-23-27-12-8-5-9-13-27)34(42-22-26-10-6-4-7-11-26)21-36(45-37,24-44-37)25(2)40/h4-17,19-20,25,34-35,40H,3,18,21-24H2,1-2H3/t25?,34-,35+,36+,37-/m0/s1. The smallest absolute Gasteiger partial charge is 0.225 e. The van der Waals surface area contributed by atoms with E-state index < -0.39 is 35.5 Å². The van der Waals surface area contributed by atoms with Gasteiger partial charge in [-0.3, -0.25) is 0 Å². The summed E-state index contributed by atoms with van der Waals surface area (Å²) in [5, 5.41) is 11.6. The Morgan fingerprint density at radius 1 is 0.911 bits per heavy atom. The van der Waals surface area contributed by atoms with E-state index in [0.29, 0.717) is 43.2 Å². The molecule has 0 amide bonds. The molecule has 0 radical (unpaired) electrons. The molecule has 2 bridgehead atoms. The molecule has 8 heteroatoms. The number of aliphatic hydroxyl groups excluding tert-OH is 1. The molecule has 1 unspecified atom stereocenters. The molecule has 2 aliphatic heterocycles. The third-order valence-corrected chi connectivity index (χ3v) is 8.99. The van der Waals surface area contributed by atoms with Crippen molar-refractivity contribution in [3.63, 3.8) is 0 Å². The fraction of sp³-hybridized carbons (Fsp3) is 0.351. The normalized spacial score (nSPS) is 24.8. The van der Waals surface area contributed by atoms with Gasteiger partial charge in [0.15, 0.2) is 11.6 Å². The van der Waals surface area contributed by atoms with Gasteiger partial charge in [-0.1, -0.05) is 84.4 Å². The van der Waals surface area contributed by atoms with Gasteiger partial charge < -0.3 is 28.8 Å². The molecule has 5 atom stereocenters. The highest BCUT2D eigenvalue weighted by Gasteiger charge is 2.65. The third kappa shape index (κ3) is 6.66. The Labute approximate surface area is 268 Å². The Hall–Kier alpha value is -3.30. The minimum Gasteiger partial charge on any atom is -0.491 e. The number of benzene rings is 4. The average Bonchev–Trinajstić information content (AvgIpc) is 3.39. The van der Waals surface area contributed by atoms with Crippen LogP contribution in [0.15, 0.2) is 97.1 Å². The predicted octanol–water partition coefficient (Wildman–Crippen LogP) is 7.36. The summed E-state index contributed by atoms with van der Waals surface area (Å²) >= 11 is 6.71. The van der Waals surface area contributed by atoms with Gasteiger partial charge in [0, 0.05) is 17.0 Å². The van der Waals surface area contributed by atoms with Crippen LogP contribution in [0.4, 0.5) is 4.39 Å². The van der Waals surface area contributed by atoms with Gasteiger partial charge in [-0.05, 0) is 66.8 Å². The molecule has 236 valence electrons. The minimum absolute atomic E-state index is 0.156. The molecular formula is C37H38ClFO6. The molecular weight excluding hydrogens is 595 g/mol. The number of aliphatic hydroxyl groups is 1. The van der Waals surface area contributed by atoms with Crippen molar-refractivity contribution < 1.29 is 33.2 Å². The molecule has 45 heavy (non-hydrogen) atoms. The number of hydrogen-bond donors (Lipinski definition) is 1. The third-order valence-electron chi connectivity index (χ3n) is 8.62. The molecule has 4 aromatic carbocycles. The second-order valence-electron chi connectivity index (χ2n) is 11.7. The van der Waals surface area contributed by atoms with Gasteiger partial charge >= 0.3 is 0 Å². The highest BCUT2D eigenvalue weighted by Crippen LogP contribution is 2.53. The van der Waals surface area contributed by atoms with Crippen molar-refractivity contribution in [2.75, 3.05) is 13.2 Å². The fourth-order valence-electron chi connectivity index (χ4n) is 6.18. The zero-order valence-electron chi connectivity index (χ0n) is 25.5. The van der Waals surface area contributed by atoms with E-state index in [9.17, 15) is 9.50 Å². The van der Waals surface area contributed by atoms with Crippen LogP contribution in [0.5, 0.6) is 5.75 Å². The molecule has 2 heterocycles. The van der Waals surface area contributed by atoms with Crippen LogP contribution in [0.1, 0.15) is 48.1 Å². The first-order valence-corrected chi connectivity index (χ1v) is 15.7. The predicted molar refractivity (Wildman–Crippen MR) is 170 cm³/mol. The molecule has 0 aliphatic carbocycles. The number of fused-ring (bicyclic) bond motifs is 2. The summed E-state index contributed by atoms with van der Waals surface area (Å²) in [6, 6.07) is 30.4. The second-order valence-corrected chi connectivity index (χ2v) is 12.1. The van der Waals surface area contributed by atoms with Crippen molar-refractivity contribution in [2.24, 2.45) is 0 Å². The van der Waals surface area contributed by atoms with Crippen molar-refractivity contribution in [3.05, 3.63) is 136 Å². The van der Waals surface area contributed by atoms with E-state index in [-0.39, 0.29) is 12.4 Å².